The molecule has 0 bridgehead atoms. The molecule has 15 heavy (non-hydrogen) atoms. The summed E-state index contributed by atoms with van der Waals surface area (Å²) < 4.78 is 0. The molecule has 2 atom stereocenters. The van der Waals surface area contributed by atoms with Crippen molar-refractivity contribution in [2.24, 2.45) is 11.8 Å². The van der Waals surface area contributed by atoms with Crippen molar-refractivity contribution in [3.63, 3.8) is 0 Å². The van der Waals surface area contributed by atoms with Gasteiger partial charge in [-0.05, 0) is 19.3 Å². The van der Waals surface area contributed by atoms with Gasteiger partial charge in [0.1, 0.15) is 0 Å². The molecular formula is C11H16O4. The molecule has 0 aromatic carbocycles. The van der Waals surface area contributed by atoms with Crippen molar-refractivity contribution < 1.29 is 19.8 Å². The van der Waals surface area contributed by atoms with Crippen molar-refractivity contribution in [3.05, 3.63) is 11.6 Å². The molecule has 84 valence electrons. The fourth-order valence-corrected chi connectivity index (χ4v) is 2.02. The first-order valence-corrected chi connectivity index (χ1v) is 5.19. The molecular weight excluding hydrogens is 196 g/mol. The average Bonchev–Trinajstić information content (AvgIpc) is 2.17. The van der Waals surface area contributed by atoms with Gasteiger partial charge in [0, 0.05) is 0 Å². The van der Waals surface area contributed by atoms with Crippen LogP contribution < -0.4 is 0 Å². The van der Waals surface area contributed by atoms with Crippen LogP contribution >= 0.6 is 0 Å². The van der Waals surface area contributed by atoms with E-state index in [0.29, 0.717) is 12.8 Å². The monoisotopic (exact) mass is 212 g/mol. The predicted molar refractivity (Wildman–Crippen MR) is 54.5 cm³/mol. The van der Waals surface area contributed by atoms with Gasteiger partial charge in [-0.1, -0.05) is 25.0 Å². The third-order valence-electron chi connectivity index (χ3n) is 2.83. The van der Waals surface area contributed by atoms with E-state index in [1.807, 2.05) is 13.0 Å². The first kappa shape index (κ1) is 11.8. The normalized spacial score (nSPS) is 25.8. The van der Waals surface area contributed by atoms with Crippen molar-refractivity contribution in [2.45, 2.75) is 32.6 Å². The molecule has 1 aliphatic carbocycles. The SMILES string of the molecule is CCCC1=CCC(C(=O)O)C(C(=O)O)C1. The maximum Gasteiger partial charge on any atom is 0.307 e. The smallest absolute Gasteiger partial charge is 0.307 e. The van der Waals surface area contributed by atoms with Crippen LogP contribution in [-0.2, 0) is 9.59 Å². The number of rotatable bonds is 4. The summed E-state index contributed by atoms with van der Waals surface area (Å²) in [5.74, 6) is -3.52. The number of carboxylic acid groups (broad SMARTS) is 2. The second-order valence-electron chi connectivity index (χ2n) is 3.94. The molecule has 0 aliphatic heterocycles. The van der Waals surface area contributed by atoms with Gasteiger partial charge in [0.05, 0.1) is 11.8 Å². The summed E-state index contributed by atoms with van der Waals surface area (Å²) >= 11 is 0. The van der Waals surface area contributed by atoms with E-state index in [0.717, 1.165) is 18.4 Å². The fraction of sp³-hybridized carbons (Fsp3) is 0.636. The third kappa shape index (κ3) is 2.81. The lowest BCUT2D eigenvalue weighted by atomic mass is 9.78. The van der Waals surface area contributed by atoms with Crippen molar-refractivity contribution in [1.29, 1.82) is 0 Å². The Hall–Kier alpha value is -1.32. The van der Waals surface area contributed by atoms with Crippen LogP contribution in [0.1, 0.15) is 32.6 Å². The van der Waals surface area contributed by atoms with Crippen LogP contribution in [0, 0.1) is 11.8 Å². The molecule has 0 amide bonds. The lowest BCUT2D eigenvalue weighted by Gasteiger charge is -2.25. The van der Waals surface area contributed by atoms with E-state index in [4.69, 9.17) is 10.2 Å². The Morgan fingerprint density at radius 2 is 1.93 bits per heavy atom. The minimum absolute atomic E-state index is 0.349. The summed E-state index contributed by atoms with van der Waals surface area (Å²) in [6.07, 6.45) is 4.47. The summed E-state index contributed by atoms with van der Waals surface area (Å²) in [5, 5.41) is 17.8. The molecule has 1 aliphatic rings. The molecule has 0 aromatic rings. The highest BCUT2D eigenvalue weighted by atomic mass is 16.4. The zero-order chi connectivity index (χ0) is 11.4. The van der Waals surface area contributed by atoms with Crippen LogP contribution in [0.5, 0.6) is 0 Å². The lowest BCUT2D eigenvalue weighted by Crippen LogP contribution is -2.32. The molecule has 4 heteroatoms. The van der Waals surface area contributed by atoms with Crippen LogP contribution in [0.2, 0.25) is 0 Å². The highest BCUT2D eigenvalue weighted by Crippen LogP contribution is 2.32. The molecule has 2 unspecified atom stereocenters. The number of aliphatic carboxylic acids is 2. The van der Waals surface area contributed by atoms with E-state index in [1.165, 1.54) is 0 Å². The summed E-state index contributed by atoms with van der Waals surface area (Å²) in [6.45, 7) is 2.03. The number of carbonyl (C=O) groups is 2. The van der Waals surface area contributed by atoms with Gasteiger partial charge in [0.15, 0.2) is 0 Å². The van der Waals surface area contributed by atoms with Crippen molar-refractivity contribution in [1.82, 2.24) is 0 Å². The molecule has 2 N–H and O–H groups in total. The zero-order valence-electron chi connectivity index (χ0n) is 8.77. The molecule has 0 spiro atoms. The molecule has 1 rings (SSSR count). The average molecular weight is 212 g/mol. The second-order valence-corrected chi connectivity index (χ2v) is 3.94. The molecule has 4 nitrogen and oxygen atoms in total. The topological polar surface area (TPSA) is 74.6 Å². The highest BCUT2D eigenvalue weighted by Gasteiger charge is 2.35. The maximum absolute atomic E-state index is 10.9. The number of hydrogen-bond donors (Lipinski definition) is 2. The Bertz CT molecular complexity index is 293. The quantitative estimate of drug-likeness (QED) is 0.698. The van der Waals surface area contributed by atoms with Crippen LogP contribution in [0.3, 0.4) is 0 Å². The Kier molecular flexibility index (Phi) is 3.88. The molecule has 0 fully saturated rings. The Balaban J connectivity index is 2.78. The second kappa shape index (κ2) is 4.96. The first-order chi connectivity index (χ1) is 7.06. The van der Waals surface area contributed by atoms with E-state index in [1.54, 1.807) is 0 Å². The van der Waals surface area contributed by atoms with Gasteiger partial charge in [-0.15, -0.1) is 0 Å². The number of hydrogen-bond acceptors (Lipinski definition) is 2. The van der Waals surface area contributed by atoms with Gasteiger partial charge in [-0.25, -0.2) is 0 Å². The van der Waals surface area contributed by atoms with Gasteiger partial charge < -0.3 is 10.2 Å². The Morgan fingerprint density at radius 1 is 1.33 bits per heavy atom. The van der Waals surface area contributed by atoms with Crippen molar-refractivity contribution >= 4 is 11.9 Å². The molecule has 0 saturated carbocycles. The lowest BCUT2D eigenvalue weighted by molar-refractivity contribution is -0.153. The number of carboxylic acids is 2. The fourth-order valence-electron chi connectivity index (χ4n) is 2.02. The standard InChI is InChI=1S/C11H16O4/c1-2-3-7-4-5-8(10(12)13)9(6-7)11(14)15/h4,8-9H,2-3,5-6H2,1H3,(H,12,13)(H,14,15). The molecule has 0 radical (unpaired) electrons. The Morgan fingerprint density at radius 3 is 2.40 bits per heavy atom. The van der Waals surface area contributed by atoms with E-state index >= 15 is 0 Å². The van der Waals surface area contributed by atoms with Crippen LogP contribution in [0.15, 0.2) is 11.6 Å². The largest absolute Gasteiger partial charge is 0.481 e. The first-order valence-electron chi connectivity index (χ1n) is 5.19. The van der Waals surface area contributed by atoms with E-state index in [-0.39, 0.29) is 0 Å². The maximum atomic E-state index is 10.9. The summed E-state index contributed by atoms with van der Waals surface area (Å²) in [4.78, 5) is 21.8. The van der Waals surface area contributed by atoms with Gasteiger partial charge in [0.25, 0.3) is 0 Å². The predicted octanol–water partition coefficient (Wildman–Crippen LogP) is 1.91. The summed E-state index contributed by atoms with van der Waals surface area (Å²) in [7, 11) is 0. The van der Waals surface area contributed by atoms with E-state index in [9.17, 15) is 9.59 Å². The molecule has 0 saturated heterocycles. The Labute approximate surface area is 88.6 Å². The van der Waals surface area contributed by atoms with Crippen LogP contribution in [-0.4, -0.2) is 22.2 Å². The minimum Gasteiger partial charge on any atom is -0.481 e. The van der Waals surface area contributed by atoms with Gasteiger partial charge >= 0.3 is 11.9 Å². The van der Waals surface area contributed by atoms with E-state index in [2.05, 4.69) is 0 Å². The van der Waals surface area contributed by atoms with E-state index < -0.39 is 23.8 Å². The van der Waals surface area contributed by atoms with Gasteiger partial charge in [-0.3, -0.25) is 9.59 Å². The number of allylic oxidation sites excluding steroid dienone is 2. The van der Waals surface area contributed by atoms with Crippen molar-refractivity contribution in [3.8, 4) is 0 Å². The minimum atomic E-state index is -1.01. The summed E-state index contributed by atoms with van der Waals surface area (Å²) in [5.41, 5.74) is 1.09. The zero-order valence-corrected chi connectivity index (χ0v) is 8.77. The van der Waals surface area contributed by atoms with Crippen LogP contribution in [0.25, 0.3) is 0 Å². The van der Waals surface area contributed by atoms with Gasteiger partial charge in [0.2, 0.25) is 0 Å². The molecule has 0 heterocycles. The van der Waals surface area contributed by atoms with Gasteiger partial charge in [-0.2, -0.15) is 0 Å². The summed E-state index contributed by atoms with van der Waals surface area (Å²) in [6, 6.07) is 0. The molecule has 0 aromatic heterocycles. The van der Waals surface area contributed by atoms with Crippen LogP contribution in [0.4, 0.5) is 0 Å². The van der Waals surface area contributed by atoms with Crippen molar-refractivity contribution in [2.75, 3.05) is 0 Å². The highest BCUT2D eigenvalue weighted by molar-refractivity contribution is 5.80. The third-order valence-corrected chi connectivity index (χ3v) is 2.83.